The van der Waals surface area contributed by atoms with Crippen molar-refractivity contribution in [3.05, 3.63) is 71.8 Å². The molecule has 10 rings (SSSR count). The summed E-state index contributed by atoms with van der Waals surface area (Å²) in [5, 5.41) is 12.4. The molecule has 2 aromatic carbocycles. The molecule has 2 saturated heterocycles. The van der Waals surface area contributed by atoms with E-state index in [1.165, 1.54) is 19.6 Å². The first-order valence-corrected chi connectivity index (χ1v) is 32.6. The molecule has 6 fully saturated rings. The molecule has 0 aromatic heterocycles. The average Bonchev–Trinajstić information content (AvgIpc) is 0.931. The minimum absolute atomic E-state index is 0.164. The van der Waals surface area contributed by atoms with Crippen LogP contribution in [0.25, 0.3) is 0 Å². The molecule has 0 radical (unpaired) electrons. The van der Waals surface area contributed by atoms with Gasteiger partial charge in [0.15, 0.2) is 0 Å². The molecule has 4 saturated carbocycles. The Bertz CT molecular complexity index is 3140. The van der Waals surface area contributed by atoms with Gasteiger partial charge in [-0.25, -0.2) is 58.0 Å². The molecule has 8 unspecified atom stereocenters. The van der Waals surface area contributed by atoms with Gasteiger partial charge in [-0.05, 0) is 120 Å². The standard InChI is InChI=1S/C68H98N12O10/c1-61(2)29-47(73-54(82)76-26-24-70-52(76)46-21-17-14-18-22-46)31-67(11,39-61)43-77-57(85)80(58(77)86)50-34-64(7,8)38-66(10,36-50)42-72-55(83)89-27-28-90-56(84)74-48-30-62(3,4)40-68(12,32-48)44-78-59(87)79(60(78)88)49-33-63(5,6)37-65(9,35-49)41-71-53(81)75-25-23-69-51(75)45-19-15-13-16-20-45/h13-22,47-50H,23-44H2,1-12H3,(H,71,81)(H,72,83)(H,73,82)(H,74,84). The summed E-state index contributed by atoms with van der Waals surface area (Å²) < 4.78 is 11.0. The molecule has 4 N–H and O–H groups in total. The van der Waals surface area contributed by atoms with Crippen LogP contribution in [0.15, 0.2) is 70.6 Å². The van der Waals surface area contributed by atoms with Crippen molar-refractivity contribution in [2.75, 3.05) is 65.6 Å². The Balaban J connectivity index is 0.650. The van der Waals surface area contributed by atoms with Crippen LogP contribution < -0.4 is 21.3 Å². The van der Waals surface area contributed by atoms with Crippen molar-refractivity contribution in [2.45, 2.75) is 184 Å². The number of benzene rings is 2. The topological polar surface area (TPSA) is 247 Å². The Morgan fingerprint density at radius 1 is 0.456 bits per heavy atom. The fraction of sp³-hybridized carbons (Fsp3) is 0.676. The van der Waals surface area contributed by atoms with E-state index >= 15 is 0 Å². The Morgan fingerprint density at radius 2 is 0.833 bits per heavy atom. The van der Waals surface area contributed by atoms with Gasteiger partial charge in [0, 0.05) is 74.6 Å². The van der Waals surface area contributed by atoms with Gasteiger partial charge in [0.25, 0.3) is 0 Å². The molecule has 4 heterocycles. The first-order valence-electron chi connectivity index (χ1n) is 32.6. The second kappa shape index (κ2) is 24.7. The van der Waals surface area contributed by atoms with Crippen molar-refractivity contribution >= 4 is 60.0 Å². The zero-order valence-corrected chi connectivity index (χ0v) is 55.3. The van der Waals surface area contributed by atoms with E-state index in [9.17, 15) is 38.4 Å². The van der Waals surface area contributed by atoms with E-state index in [1.807, 2.05) is 60.7 Å². The fourth-order valence-corrected chi connectivity index (χ4v) is 18.3. The van der Waals surface area contributed by atoms with E-state index in [2.05, 4.69) is 114 Å². The summed E-state index contributed by atoms with van der Waals surface area (Å²) in [6.45, 7) is 28.2. The summed E-state index contributed by atoms with van der Waals surface area (Å²) >= 11 is 0. The van der Waals surface area contributed by atoms with Crippen LogP contribution in [0.5, 0.6) is 0 Å². The van der Waals surface area contributed by atoms with Crippen LogP contribution in [0.2, 0.25) is 0 Å². The Hall–Kier alpha value is -7.26. The Morgan fingerprint density at radius 3 is 1.28 bits per heavy atom. The summed E-state index contributed by atoms with van der Waals surface area (Å²) in [5.74, 6) is 1.30. The van der Waals surface area contributed by atoms with Crippen LogP contribution in [0.1, 0.15) is 171 Å². The predicted octanol–water partition coefficient (Wildman–Crippen LogP) is 11.4. The SMILES string of the molecule is CC1(C)CC(N2C(=O)N(CC3(C)CC(NC(=O)N4CCN=C4c4ccccc4)CC(C)(C)C3)C2=O)CC(C)(CNC(=O)OCCOC(=O)NC2CC(C)(C)CC(C)(CN3C(=O)N(C4CC(C)(C)CC(C)(CNC(=O)N5CCN=C5c5ccccc5)C4)C3=O)C2)C1. The number of alkyl carbamates (subject to hydrolysis) is 2. The number of imide groups is 4. The van der Waals surface area contributed by atoms with Gasteiger partial charge in [-0.2, -0.15) is 0 Å². The molecule has 14 amide bonds. The highest BCUT2D eigenvalue weighted by atomic mass is 16.6. The van der Waals surface area contributed by atoms with Gasteiger partial charge < -0.3 is 30.7 Å². The lowest BCUT2D eigenvalue weighted by molar-refractivity contribution is -0.00473. The molecular weight excluding hydrogens is 1140 g/mol. The molecular formula is C68H98N12O10. The first-order chi connectivity index (χ1) is 42.1. The van der Waals surface area contributed by atoms with Crippen LogP contribution in [0.4, 0.5) is 38.4 Å². The number of ether oxygens (including phenoxy) is 2. The summed E-state index contributed by atoms with van der Waals surface area (Å²) in [4.78, 5) is 128. The number of amidine groups is 2. The second-order valence-electron chi connectivity index (χ2n) is 32.3. The zero-order chi connectivity index (χ0) is 65.0. The Labute approximate surface area is 531 Å². The largest absolute Gasteiger partial charge is 0.446 e. The van der Waals surface area contributed by atoms with E-state index in [0.29, 0.717) is 89.3 Å². The number of hydrogen-bond donors (Lipinski definition) is 4. The number of urea groups is 6. The van der Waals surface area contributed by atoms with Crippen molar-refractivity contribution in [3.8, 4) is 0 Å². The number of nitrogens with one attached hydrogen (secondary N) is 4. The molecule has 490 valence electrons. The van der Waals surface area contributed by atoms with Crippen molar-refractivity contribution in [2.24, 2.45) is 53.3 Å². The molecule has 8 atom stereocenters. The smallest absolute Gasteiger partial charge is 0.407 e. The number of carbonyl (C=O) groups excluding carboxylic acids is 8. The van der Waals surface area contributed by atoms with Crippen molar-refractivity contribution in [3.63, 3.8) is 0 Å². The lowest BCUT2D eigenvalue weighted by atomic mass is 9.62. The lowest BCUT2D eigenvalue weighted by Gasteiger charge is -2.54. The van der Waals surface area contributed by atoms with Gasteiger partial charge in [0.05, 0.1) is 13.1 Å². The minimum Gasteiger partial charge on any atom is -0.446 e. The van der Waals surface area contributed by atoms with E-state index in [1.54, 1.807) is 9.80 Å². The third-order valence-electron chi connectivity index (χ3n) is 20.0. The van der Waals surface area contributed by atoms with Gasteiger partial charge in [0.1, 0.15) is 24.9 Å². The molecule has 0 spiro atoms. The van der Waals surface area contributed by atoms with Gasteiger partial charge >= 0.3 is 48.4 Å². The quantitative estimate of drug-likeness (QED) is 0.109. The highest BCUT2D eigenvalue weighted by Gasteiger charge is 2.58. The monoisotopic (exact) mass is 1240 g/mol. The zero-order valence-electron chi connectivity index (χ0n) is 55.3. The predicted molar refractivity (Wildman–Crippen MR) is 342 cm³/mol. The van der Waals surface area contributed by atoms with E-state index in [4.69, 9.17) is 9.47 Å². The van der Waals surface area contributed by atoms with Crippen LogP contribution >= 0.6 is 0 Å². The number of amides is 14. The highest BCUT2D eigenvalue weighted by molar-refractivity contribution is 6.13. The highest BCUT2D eigenvalue weighted by Crippen LogP contribution is 2.53. The molecule has 8 aliphatic rings. The lowest BCUT2D eigenvalue weighted by Crippen LogP contribution is -2.70. The second-order valence-corrected chi connectivity index (χ2v) is 32.3. The number of aliphatic imine (C=N–C) groups is 2. The fourth-order valence-electron chi connectivity index (χ4n) is 18.3. The summed E-state index contributed by atoms with van der Waals surface area (Å²) in [6.07, 6.45) is 6.52. The van der Waals surface area contributed by atoms with Gasteiger partial charge in [-0.1, -0.05) is 144 Å². The van der Waals surface area contributed by atoms with Crippen LogP contribution in [-0.2, 0) is 9.47 Å². The maximum absolute atomic E-state index is 14.1. The number of carbonyl (C=O) groups is 8. The van der Waals surface area contributed by atoms with Gasteiger partial charge in [-0.3, -0.25) is 19.8 Å². The molecule has 2 aromatic rings. The summed E-state index contributed by atoms with van der Waals surface area (Å²) in [5.41, 5.74) is -0.923. The van der Waals surface area contributed by atoms with E-state index in [-0.39, 0.29) is 120 Å². The first kappa shape index (κ1) is 65.7. The van der Waals surface area contributed by atoms with E-state index in [0.717, 1.165) is 43.2 Å². The summed E-state index contributed by atoms with van der Waals surface area (Å²) in [6, 6.07) is 16.5. The number of hydrogen-bond acceptors (Lipinski definition) is 12. The molecule has 90 heavy (non-hydrogen) atoms. The van der Waals surface area contributed by atoms with Crippen molar-refractivity contribution in [1.29, 1.82) is 0 Å². The molecule has 4 aliphatic carbocycles. The number of nitrogens with zero attached hydrogens (tertiary/aromatic N) is 8. The number of rotatable bonds is 17. The van der Waals surface area contributed by atoms with Crippen LogP contribution in [0.3, 0.4) is 0 Å². The minimum atomic E-state index is -0.680. The third kappa shape index (κ3) is 14.9. The maximum Gasteiger partial charge on any atom is 0.407 e. The summed E-state index contributed by atoms with van der Waals surface area (Å²) in [7, 11) is 0. The van der Waals surface area contributed by atoms with Crippen LogP contribution in [-0.4, -0.2) is 179 Å². The van der Waals surface area contributed by atoms with Crippen molar-refractivity contribution in [1.82, 2.24) is 50.7 Å². The van der Waals surface area contributed by atoms with E-state index < -0.39 is 28.4 Å². The third-order valence-corrected chi connectivity index (χ3v) is 20.0. The van der Waals surface area contributed by atoms with Crippen molar-refractivity contribution < 1.29 is 47.8 Å². The van der Waals surface area contributed by atoms with Gasteiger partial charge in [0.2, 0.25) is 0 Å². The molecule has 4 aliphatic heterocycles. The van der Waals surface area contributed by atoms with Crippen LogP contribution in [0, 0.1) is 43.3 Å². The molecule has 22 nitrogen and oxygen atoms in total. The van der Waals surface area contributed by atoms with Gasteiger partial charge in [-0.15, -0.1) is 0 Å². The molecule has 22 heteroatoms. The Kier molecular flexibility index (Phi) is 18.1. The normalized spacial score (nSPS) is 31.0. The average molecular weight is 1240 g/mol. The maximum atomic E-state index is 14.1. The molecule has 0 bridgehead atoms.